The van der Waals surface area contributed by atoms with E-state index < -0.39 is 53.5 Å². The predicted molar refractivity (Wildman–Crippen MR) is 101 cm³/mol. The maximum atomic E-state index is 13.1. The Balaban J connectivity index is 2.54. The fourth-order valence-electron chi connectivity index (χ4n) is 2.31. The van der Waals surface area contributed by atoms with Crippen molar-refractivity contribution in [3.8, 4) is 0 Å². The van der Waals surface area contributed by atoms with E-state index in [2.05, 4.69) is 5.32 Å². The second-order valence-electron chi connectivity index (χ2n) is 7.17. The lowest BCUT2D eigenvalue weighted by Crippen LogP contribution is -2.46. The molecule has 0 aliphatic carbocycles. The lowest BCUT2D eigenvalue weighted by Gasteiger charge is -2.26. The number of sulfone groups is 1. The van der Waals surface area contributed by atoms with Crippen LogP contribution in [0.5, 0.6) is 0 Å². The SMILES string of the molecule is CC(C)(C)OC(=O)N(OC(=O)N1CCNC1=O)S(=O)(=O)c1ccccc1S(C)(=O)=O. The van der Waals surface area contributed by atoms with E-state index in [-0.39, 0.29) is 17.6 Å². The molecule has 0 atom stereocenters. The predicted octanol–water partition coefficient (Wildman–Crippen LogP) is 1.09. The van der Waals surface area contributed by atoms with Gasteiger partial charge in [0.15, 0.2) is 9.84 Å². The van der Waals surface area contributed by atoms with Gasteiger partial charge < -0.3 is 10.1 Å². The van der Waals surface area contributed by atoms with Crippen LogP contribution < -0.4 is 5.32 Å². The summed E-state index contributed by atoms with van der Waals surface area (Å²) in [6, 6.07) is 3.61. The number of hydrogen-bond acceptors (Lipinski definition) is 9. The van der Waals surface area contributed by atoms with E-state index in [4.69, 9.17) is 9.57 Å². The van der Waals surface area contributed by atoms with E-state index in [1.54, 1.807) is 0 Å². The molecule has 1 saturated heterocycles. The van der Waals surface area contributed by atoms with E-state index >= 15 is 0 Å². The number of ether oxygens (including phenoxy) is 1. The zero-order valence-corrected chi connectivity index (χ0v) is 18.2. The van der Waals surface area contributed by atoms with Crippen LogP contribution in [0.2, 0.25) is 0 Å². The first kappa shape index (κ1) is 23.4. The summed E-state index contributed by atoms with van der Waals surface area (Å²) in [6.07, 6.45) is -2.28. The average Bonchev–Trinajstić information content (AvgIpc) is 3.03. The fraction of sp³-hybridized carbons (Fsp3) is 0.438. The van der Waals surface area contributed by atoms with Gasteiger partial charge in [0.2, 0.25) is 0 Å². The zero-order chi connectivity index (χ0) is 22.9. The van der Waals surface area contributed by atoms with Gasteiger partial charge in [-0.05, 0) is 37.4 Å². The lowest BCUT2D eigenvalue weighted by molar-refractivity contribution is -0.0535. The van der Waals surface area contributed by atoms with E-state index in [9.17, 15) is 31.2 Å². The first-order chi connectivity index (χ1) is 13.6. The second-order valence-corrected chi connectivity index (χ2v) is 10.9. The minimum absolute atomic E-state index is 0.101. The molecule has 166 valence electrons. The van der Waals surface area contributed by atoms with Crippen LogP contribution in [-0.4, -0.2) is 69.4 Å². The van der Waals surface area contributed by atoms with Gasteiger partial charge in [-0.2, -0.15) is 8.42 Å². The Bertz CT molecular complexity index is 1080. The molecule has 1 fully saturated rings. The maximum absolute atomic E-state index is 13.1. The topological polar surface area (TPSA) is 156 Å². The monoisotopic (exact) mass is 463 g/mol. The highest BCUT2D eigenvalue weighted by Crippen LogP contribution is 2.26. The Morgan fingerprint density at radius 3 is 2.13 bits per heavy atom. The number of rotatable bonds is 3. The third-order valence-corrected chi connectivity index (χ3v) is 6.38. The first-order valence-electron chi connectivity index (χ1n) is 8.49. The Morgan fingerprint density at radius 2 is 1.67 bits per heavy atom. The molecule has 0 saturated carbocycles. The van der Waals surface area contributed by atoms with Crippen LogP contribution in [0.3, 0.4) is 0 Å². The number of carbonyl (C=O) groups is 3. The summed E-state index contributed by atoms with van der Waals surface area (Å²) < 4.78 is 54.9. The number of urea groups is 1. The van der Waals surface area contributed by atoms with E-state index in [1.807, 2.05) is 0 Å². The standard InChI is InChI=1S/C16H21N3O9S2/c1-16(2,3)27-15(22)19(28-14(21)18-10-9-17-13(18)20)30(25,26)12-8-6-5-7-11(12)29(4,23)24/h5-8H,9-10H2,1-4H3,(H,17,20). The molecular formula is C16H21N3O9S2. The quantitative estimate of drug-likeness (QED) is 0.648. The fourth-order valence-corrected chi connectivity index (χ4v) is 4.98. The van der Waals surface area contributed by atoms with Crippen LogP contribution in [0.15, 0.2) is 34.1 Å². The minimum atomic E-state index is -5.05. The second kappa shape index (κ2) is 8.10. The van der Waals surface area contributed by atoms with Crippen LogP contribution in [-0.2, 0) is 29.4 Å². The van der Waals surface area contributed by atoms with Gasteiger partial charge in [-0.15, -0.1) is 0 Å². The molecule has 0 spiro atoms. The molecule has 1 aromatic carbocycles. The summed E-state index contributed by atoms with van der Waals surface area (Å²) in [6.45, 7) is 4.30. The number of hydroxylamine groups is 1. The van der Waals surface area contributed by atoms with Gasteiger partial charge in [0.05, 0.1) is 11.4 Å². The minimum Gasteiger partial charge on any atom is -0.441 e. The van der Waals surface area contributed by atoms with Crippen LogP contribution in [0.25, 0.3) is 0 Å². The van der Waals surface area contributed by atoms with Crippen LogP contribution in [0.4, 0.5) is 14.4 Å². The summed E-state index contributed by atoms with van der Waals surface area (Å²) in [7, 11) is -9.09. The third-order valence-electron chi connectivity index (χ3n) is 3.53. The van der Waals surface area contributed by atoms with E-state index in [0.717, 1.165) is 18.4 Å². The van der Waals surface area contributed by atoms with Gasteiger partial charge in [-0.1, -0.05) is 12.1 Å². The number of amides is 4. The summed E-state index contributed by atoms with van der Waals surface area (Å²) in [5.74, 6) is 0. The van der Waals surface area contributed by atoms with Gasteiger partial charge in [-0.3, -0.25) is 4.84 Å². The Labute approximate surface area is 173 Å². The van der Waals surface area contributed by atoms with Crippen molar-refractivity contribution >= 4 is 38.1 Å². The highest BCUT2D eigenvalue weighted by Gasteiger charge is 2.41. The normalized spacial score (nSPS) is 14.8. The number of hydrogen-bond donors (Lipinski definition) is 1. The highest BCUT2D eigenvalue weighted by atomic mass is 32.2. The summed E-state index contributed by atoms with van der Waals surface area (Å²) in [5.41, 5.74) is -1.18. The molecule has 1 aliphatic rings. The van der Waals surface area contributed by atoms with Crippen molar-refractivity contribution in [3.63, 3.8) is 0 Å². The van der Waals surface area contributed by atoms with Gasteiger partial charge in [0.25, 0.3) is 0 Å². The average molecular weight is 463 g/mol. The largest absolute Gasteiger partial charge is 0.459 e. The van der Waals surface area contributed by atoms with Crippen molar-refractivity contribution in [2.24, 2.45) is 0 Å². The Morgan fingerprint density at radius 1 is 1.10 bits per heavy atom. The van der Waals surface area contributed by atoms with Gasteiger partial charge in [-0.25, -0.2) is 27.7 Å². The number of sulfonamides is 1. The zero-order valence-electron chi connectivity index (χ0n) is 16.6. The van der Waals surface area contributed by atoms with Crippen molar-refractivity contribution in [3.05, 3.63) is 24.3 Å². The molecule has 1 aliphatic heterocycles. The highest BCUT2D eigenvalue weighted by molar-refractivity contribution is 7.93. The van der Waals surface area contributed by atoms with Crippen LogP contribution in [0.1, 0.15) is 20.8 Å². The molecule has 30 heavy (non-hydrogen) atoms. The molecule has 2 rings (SSSR count). The van der Waals surface area contributed by atoms with Crippen LogP contribution in [0, 0.1) is 0 Å². The number of nitrogens with zero attached hydrogens (tertiary/aromatic N) is 2. The maximum Gasteiger partial charge on any atom is 0.459 e. The Hall–Kier alpha value is -2.87. The summed E-state index contributed by atoms with van der Waals surface area (Å²) in [5, 5.41) is 2.31. The third kappa shape index (κ3) is 5.18. The van der Waals surface area contributed by atoms with Crippen molar-refractivity contribution in [1.29, 1.82) is 0 Å². The number of imide groups is 1. The molecule has 12 nitrogen and oxygen atoms in total. The number of benzene rings is 1. The molecule has 1 heterocycles. The van der Waals surface area contributed by atoms with Gasteiger partial charge in [0.1, 0.15) is 10.5 Å². The molecule has 4 amide bonds. The van der Waals surface area contributed by atoms with Crippen molar-refractivity contribution < 1.29 is 40.8 Å². The number of nitrogens with one attached hydrogen (secondary N) is 1. The van der Waals surface area contributed by atoms with Crippen molar-refractivity contribution in [2.75, 3.05) is 19.3 Å². The lowest BCUT2D eigenvalue weighted by atomic mass is 10.2. The molecule has 1 N–H and O–H groups in total. The smallest absolute Gasteiger partial charge is 0.441 e. The van der Waals surface area contributed by atoms with Gasteiger partial charge in [0, 0.05) is 12.8 Å². The van der Waals surface area contributed by atoms with Gasteiger partial charge >= 0.3 is 28.2 Å². The van der Waals surface area contributed by atoms with Crippen molar-refractivity contribution in [2.45, 2.75) is 36.2 Å². The van der Waals surface area contributed by atoms with Crippen LogP contribution >= 0.6 is 0 Å². The summed E-state index contributed by atoms with van der Waals surface area (Å²) >= 11 is 0. The summed E-state index contributed by atoms with van der Waals surface area (Å²) in [4.78, 5) is 40.3. The van der Waals surface area contributed by atoms with E-state index in [1.165, 1.54) is 32.9 Å². The molecule has 0 unspecified atom stereocenters. The first-order valence-corrected chi connectivity index (χ1v) is 11.8. The molecule has 1 aromatic rings. The molecule has 14 heteroatoms. The molecule has 0 aromatic heterocycles. The Kier molecular flexibility index (Phi) is 6.32. The molecule has 0 radical (unpaired) electrons. The molecule has 0 bridgehead atoms. The van der Waals surface area contributed by atoms with E-state index in [0.29, 0.717) is 4.90 Å². The van der Waals surface area contributed by atoms with Crippen molar-refractivity contribution in [1.82, 2.24) is 14.7 Å². The number of carbonyl (C=O) groups excluding carboxylic acids is 3. The molecular weight excluding hydrogens is 442 g/mol.